The second kappa shape index (κ2) is 6.22. The fourth-order valence-corrected chi connectivity index (χ4v) is 3.84. The highest BCUT2D eigenvalue weighted by Gasteiger charge is 2.36. The van der Waals surface area contributed by atoms with Gasteiger partial charge in [0, 0.05) is 13.0 Å². The van der Waals surface area contributed by atoms with Gasteiger partial charge in [0.2, 0.25) is 10.0 Å². The summed E-state index contributed by atoms with van der Waals surface area (Å²) in [4.78, 5) is -0.120. The first-order valence-electron chi connectivity index (χ1n) is 7.71. The van der Waals surface area contributed by atoms with Crippen LogP contribution in [0.2, 0.25) is 0 Å². The SMILES string of the molecule is COc1ccc(S(=O)(=O)N(C)Cc2ccc([C@@H]3C[C@@H]3C)o2)cc1F. The zero-order valence-corrected chi connectivity index (χ0v) is 14.6. The number of furan rings is 1. The molecule has 0 aliphatic heterocycles. The molecule has 0 saturated heterocycles. The van der Waals surface area contributed by atoms with Crippen molar-refractivity contribution in [2.24, 2.45) is 5.92 Å². The zero-order chi connectivity index (χ0) is 17.5. The Morgan fingerprint density at radius 1 is 1.33 bits per heavy atom. The fourth-order valence-electron chi connectivity index (χ4n) is 2.69. The second-order valence-electron chi connectivity index (χ2n) is 6.18. The quantitative estimate of drug-likeness (QED) is 0.799. The van der Waals surface area contributed by atoms with E-state index >= 15 is 0 Å². The zero-order valence-electron chi connectivity index (χ0n) is 13.8. The van der Waals surface area contributed by atoms with Gasteiger partial charge in [-0.25, -0.2) is 12.8 Å². The average Bonchev–Trinajstić information content (AvgIpc) is 3.09. The first-order valence-corrected chi connectivity index (χ1v) is 9.15. The first kappa shape index (κ1) is 17.0. The minimum absolute atomic E-state index is 0.00540. The highest BCUT2D eigenvalue weighted by Crippen LogP contribution is 2.47. The maximum Gasteiger partial charge on any atom is 0.243 e. The standard InChI is InChI=1S/C17H20FNO4S/c1-11-8-14(11)16-6-4-12(23-16)10-19(2)24(20,21)13-5-7-17(22-3)15(18)9-13/h4-7,9,11,14H,8,10H2,1-3H3/t11-,14+/m0/s1. The third-order valence-corrected chi connectivity index (χ3v) is 6.17. The summed E-state index contributed by atoms with van der Waals surface area (Å²) in [5.74, 6) is 1.83. The molecule has 1 aliphatic rings. The van der Waals surface area contributed by atoms with Crippen LogP contribution in [0.1, 0.15) is 30.8 Å². The molecule has 0 radical (unpaired) electrons. The van der Waals surface area contributed by atoms with Gasteiger partial charge in [-0.15, -0.1) is 0 Å². The van der Waals surface area contributed by atoms with Crippen LogP contribution in [0.25, 0.3) is 0 Å². The lowest BCUT2D eigenvalue weighted by Gasteiger charge is -2.16. The molecule has 1 aromatic heterocycles. The molecule has 0 amide bonds. The molecule has 2 aromatic rings. The van der Waals surface area contributed by atoms with Gasteiger partial charge in [-0.05, 0) is 42.7 Å². The van der Waals surface area contributed by atoms with Crippen LogP contribution in [-0.4, -0.2) is 26.9 Å². The van der Waals surface area contributed by atoms with Crippen molar-refractivity contribution in [1.29, 1.82) is 0 Å². The summed E-state index contributed by atoms with van der Waals surface area (Å²) < 4.78 is 50.6. The monoisotopic (exact) mass is 353 g/mol. The number of hydrogen-bond donors (Lipinski definition) is 0. The summed E-state index contributed by atoms with van der Waals surface area (Å²) in [7, 11) is -1.04. The molecule has 0 spiro atoms. The number of nitrogens with zero attached hydrogens (tertiary/aromatic N) is 1. The Hall–Kier alpha value is -1.86. The minimum Gasteiger partial charge on any atom is -0.494 e. The molecule has 0 unspecified atom stereocenters. The van der Waals surface area contributed by atoms with Crippen LogP contribution in [0.15, 0.2) is 39.6 Å². The van der Waals surface area contributed by atoms with Crippen molar-refractivity contribution in [3.8, 4) is 5.75 Å². The van der Waals surface area contributed by atoms with E-state index in [2.05, 4.69) is 6.92 Å². The smallest absolute Gasteiger partial charge is 0.243 e. The van der Waals surface area contributed by atoms with Crippen LogP contribution < -0.4 is 4.74 Å². The highest BCUT2D eigenvalue weighted by atomic mass is 32.2. The first-order chi connectivity index (χ1) is 11.3. The number of halogens is 1. The Morgan fingerprint density at radius 2 is 2.04 bits per heavy atom. The molecule has 7 heteroatoms. The van der Waals surface area contributed by atoms with Gasteiger partial charge in [0.1, 0.15) is 11.5 Å². The van der Waals surface area contributed by atoms with E-state index in [-0.39, 0.29) is 17.2 Å². The van der Waals surface area contributed by atoms with E-state index in [0.717, 1.165) is 22.6 Å². The lowest BCUT2D eigenvalue weighted by molar-refractivity contribution is 0.383. The van der Waals surface area contributed by atoms with Crippen LogP contribution in [0.5, 0.6) is 5.75 Å². The van der Waals surface area contributed by atoms with E-state index < -0.39 is 15.8 Å². The molecule has 3 rings (SSSR count). The second-order valence-corrected chi connectivity index (χ2v) is 8.23. The van der Waals surface area contributed by atoms with Crippen LogP contribution in [0, 0.1) is 11.7 Å². The molecule has 1 fully saturated rings. The number of hydrogen-bond acceptors (Lipinski definition) is 4. The van der Waals surface area contributed by atoms with E-state index in [1.54, 1.807) is 6.07 Å². The Morgan fingerprint density at radius 3 is 2.62 bits per heavy atom. The van der Waals surface area contributed by atoms with Gasteiger partial charge in [-0.3, -0.25) is 0 Å². The normalized spacial score (nSPS) is 20.4. The van der Waals surface area contributed by atoms with Crippen LogP contribution in [0.3, 0.4) is 0 Å². The van der Waals surface area contributed by atoms with Gasteiger partial charge >= 0.3 is 0 Å². The number of methoxy groups -OCH3 is 1. The molecule has 0 N–H and O–H groups in total. The van der Waals surface area contributed by atoms with Crippen LogP contribution in [-0.2, 0) is 16.6 Å². The average molecular weight is 353 g/mol. The van der Waals surface area contributed by atoms with Crippen molar-refractivity contribution in [1.82, 2.24) is 4.31 Å². The van der Waals surface area contributed by atoms with Crippen LogP contribution >= 0.6 is 0 Å². The molecule has 2 atom stereocenters. The Labute approximate surface area is 141 Å². The molecule has 24 heavy (non-hydrogen) atoms. The number of sulfonamides is 1. The molecule has 5 nitrogen and oxygen atoms in total. The van der Waals surface area contributed by atoms with E-state index in [4.69, 9.17) is 9.15 Å². The third kappa shape index (κ3) is 3.18. The molecular weight excluding hydrogens is 333 g/mol. The van der Waals surface area contributed by atoms with Crippen molar-refractivity contribution in [3.05, 3.63) is 47.7 Å². The van der Waals surface area contributed by atoms with Crippen molar-refractivity contribution in [2.45, 2.75) is 30.7 Å². The third-order valence-electron chi connectivity index (χ3n) is 4.37. The minimum atomic E-state index is -3.81. The largest absolute Gasteiger partial charge is 0.494 e. The molecule has 130 valence electrons. The fraction of sp³-hybridized carbons (Fsp3) is 0.412. The Bertz CT molecular complexity index is 846. The van der Waals surface area contributed by atoms with E-state index in [9.17, 15) is 12.8 Å². The summed E-state index contributed by atoms with van der Waals surface area (Å²) in [6.07, 6.45) is 1.10. The van der Waals surface area contributed by atoms with Crippen molar-refractivity contribution >= 4 is 10.0 Å². The van der Waals surface area contributed by atoms with Gasteiger partial charge in [0.15, 0.2) is 11.6 Å². The van der Waals surface area contributed by atoms with Gasteiger partial charge in [0.05, 0.1) is 18.6 Å². The lowest BCUT2D eigenvalue weighted by Crippen LogP contribution is -2.26. The van der Waals surface area contributed by atoms with E-state index in [1.165, 1.54) is 26.3 Å². The number of rotatable bonds is 6. The Kier molecular flexibility index (Phi) is 4.40. The molecule has 1 heterocycles. The maximum absolute atomic E-state index is 13.8. The van der Waals surface area contributed by atoms with Gasteiger partial charge in [0.25, 0.3) is 0 Å². The molecule has 1 aromatic carbocycles. The topological polar surface area (TPSA) is 59.8 Å². The lowest BCUT2D eigenvalue weighted by atomic mass is 10.3. The van der Waals surface area contributed by atoms with Gasteiger partial charge in [-0.1, -0.05) is 6.92 Å². The molecule has 1 saturated carbocycles. The van der Waals surface area contributed by atoms with Gasteiger partial charge in [-0.2, -0.15) is 4.31 Å². The van der Waals surface area contributed by atoms with Crippen LogP contribution in [0.4, 0.5) is 4.39 Å². The molecule has 0 bridgehead atoms. The van der Waals surface area contributed by atoms with Gasteiger partial charge < -0.3 is 9.15 Å². The summed E-state index contributed by atoms with van der Waals surface area (Å²) in [5.41, 5.74) is 0. The predicted octanol–water partition coefficient (Wildman–Crippen LogP) is 3.37. The van der Waals surface area contributed by atoms with Crippen molar-refractivity contribution in [2.75, 3.05) is 14.2 Å². The summed E-state index contributed by atoms with van der Waals surface area (Å²) in [6.45, 7) is 2.25. The van der Waals surface area contributed by atoms with E-state index in [0.29, 0.717) is 17.6 Å². The summed E-state index contributed by atoms with van der Waals surface area (Å²) >= 11 is 0. The molecular formula is C17H20FNO4S. The Balaban J connectivity index is 1.76. The highest BCUT2D eigenvalue weighted by molar-refractivity contribution is 7.89. The van der Waals surface area contributed by atoms with Crippen molar-refractivity contribution in [3.63, 3.8) is 0 Å². The number of ether oxygens (including phenoxy) is 1. The number of benzene rings is 1. The maximum atomic E-state index is 13.8. The molecule has 1 aliphatic carbocycles. The summed E-state index contributed by atoms with van der Waals surface area (Å²) in [5, 5.41) is 0. The predicted molar refractivity (Wildman–Crippen MR) is 86.8 cm³/mol. The summed E-state index contributed by atoms with van der Waals surface area (Å²) in [6, 6.07) is 7.28. The van der Waals surface area contributed by atoms with Crippen molar-refractivity contribution < 1.29 is 22.0 Å². The van der Waals surface area contributed by atoms with E-state index in [1.807, 2.05) is 6.07 Å².